The molecule has 5 N–H and O–H groups in total. The molecule has 0 bridgehead atoms. The summed E-state index contributed by atoms with van der Waals surface area (Å²) in [6.45, 7) is 3.41. The molecule has 2 saturated carbocycles. The minimum absolute atomic E-state index is 0.0591. The van der Waals surface area contributed by atoms with Crippen LogP contribution in [0.25, 0.3) is 0 Å². The molecule has 4 rings (SSSR count). The molecule has 0 spiro atoms. The summed E-state index contributed by atoms with van der Waals surface area (Å²) >= 11 is 0. The van der Waals surface area contributed by atoms with Crippen molar-refractivity contribution >= 4 is 10.4 Å². The first-order chi connectivity index (χ1) is 19.1. The van der Waals surface area contributed by atoms with Crippen molar-refractivity contribution in [3.63, 3.8) is 0 Å². The number of nitrogens with zero attached hydrogens (tertiary/aromatic N) is 1. The molecule has 9 nitrogen and oxygen atoms in total. The number of sulfonamides is 1. The second-order valence-corrected chi connectivity index (χ2v) is 14.4. The third-order valence-electron chi connectivity index (χ3n) is 9.11. The number of nitrogens with one attached hydrogen (secondary N) is 5. The highest BCUT2D eigenvalue weighted by atomic mass is 32.3. The van der Waals surface area contributed by atoms with Gasteiger partial charge in [0.15, 0.2) is 6.35 Å². The highest BCUT2D eigenvalue weighted by Gasteiger charge is 2.44. The van der Waals surface area contributed by atoms with E-state index in [0.29, 0.717) is 63.5 Å². The molecule has 16 heteroatoms. The van der Waals surface area contributed by atoms with Gasteiger partial charge in [0.1, 0.15) is 34.8 Å². The Labute approximate surface area is 239 Å². The highest BCUT2D eigenvalue weighted by Crippen LogP contribution is 2.38. The predicted molar refractivity (Wildman–Crippen MR) is 140 cm³/mol. The Bertz CT molecular complexity index is 893. The first-order valence-corrected chi connectivity index (χ1v) is 16.1. The van der Waals surface area contributed by atoms with Gasteiger partial charge in [0, 0.05) is 25.2 Å². The van der Waals surface area contributed by atoms with Crippen molar-refractivity contribution in [2.24, 2.45) is 17.8 Å². The molecule has 9 atom stereocenters. The van der Waals surface area contributed by atoms with E-state index in [0.717, 1.165) is 6.42 Å². The number of halogens is 6. The number of hydrogen-bond donors (Lipinski definition) is 5. The highest BCUT2D eigenvalue weighted by molar-refractivity contribution is 7.96. The summed E-state index contributed by atoms with van der Waals surface area (Å²) in [5.74, 6) is -0.571. The predicted octanol–water partition coefficient (Wildman–Crippen LogP) is 3.33. The van der Waals surface area contributed by atoms with Gasteiger partial charge in [0.2, 0.25) is 0 Å². The first-order valence-electron chi connectivity index (χ1n) is 14.6. The van der Waals surface area contributed by atoms with Gasteiger partial charge in [-0.1, -0.05) is 24.5 Å². The Hall–Kier alpha value is -0.590. The molecule has 0 amide bonds. The van der Waals surface area contributed by atoms with Crippen molar-refractivity contribution in [1.82, 2.24) is 30.9 Å². The van der Waals surface area contributed by atoms with Crippen LogP contribution in [0.5, 0.6) is 0 Å². The van der Waals surface area contributed by atoms with Gasteiger partial charge in [0.25, 0.3) is 0 Å². The van der Waals surface area contributed by atoms with Gasteiger partial charge in [0.05, 0.1) is 5.92 Å². The summed E-state index contributed by atoms with van der Waals surface area (Å²) in [6, 6.07) is -0.621. The van der Waals surface area contributed by atoms with Crippen molar-refractivity contribution in [3.05, 3.63) is 0 Å². The molecule has 2 aliphatic carbocycles. The fourth-order valence-corrected chi connectivity index (χ4v) is 8.57. The Morgan fingerprint density at radius 2 is 1.49 bits per heavy atom. The number of ether oxygens (including phenoxy) is 1. The van der Waals surface area contributed by atoms with E-state index in [9.17, 15) is 35.1 Å². The van der Waals surface area contributed by atoms with Crippen molar-refractivity contribution in [3.8, 4) is 0 Å². The molecule has 0 aromatic carbocycles. The number of hydrogen-bond acceptors (Lipinski definition) is 8. The van der Waals surface area contributed by atoms with E-state index >= 15 is 0 Å². The lowest BCUT2D eigenvalue weighted by Gasteiger charge is -2.44. The fraction of sp³-hybridized carbons (Fsp3) is 1.00. The minimum Gasteiger partial charge on any atom is -0.597 e. The minimum atomic E-state index is -4.56. The molecule has 0 aromatic rings. The average molecular weight is 623 g/mol. The molecule has 2 aliphatic heterocycles. The third kappa shape index (κ3) is 9.45. The molecule has 4 fully saturated rings. The van der Waals surface area contributed by atoms with Gasteiger partial charge < -0.3 is 9.29 Å². The van der Waals surface area contributed by atoms with Gasteiger partial charge in [-0.15, -0.1) is 4.31 Å². The summed E-state index contributed by atoms with van der Waals surface area (Å²) < 4.78 is 111. The van der Waals surface area contributed by atoms with E-state index in [1.165, 1.54) is 0 Å². The molecular weight excluding hydrogens is 578 g/mol. The van der Waals surface area contributed by atoms with Crippen LogP contribution < -0.4 is 26.6 Å². The standard InChI is InChI=1S/C25H44F6N6O3S/c1-15-6-7-20(12-16(15)2)41(38,39)37-10-8-18(9-11-37)32-21-34-22(36-23(35-21)40-14-24(26,27)28)33-19-5-3-4-17(13-19)25(29,30)31/h15-23,32-36H,3-14H2,1-2H3. The van der Waals surface area contributed by atoms with E-state index in [1.807, 2.05) is 0 Å². The van der Waals surface area contributed by atoms with Crippen LogP contribution in [0.3, 0.4) is 0 Å². The van der Waals surface area contributed by atoms with E-state index in [2.05, 4.69) is 40.4 Å². The van der Waals surface area contributed by atoms with Crippen LogP contribution in [-0.4, -0.2) is 77.2 Å². The summed E-state index contributed by atoms with van der Waals surface area (Å²) in [7, 11) is -3.42. The maximum absolute atomic E-state index is 13.3. The number of piperidine rings is 1. The van der Waals surface area contributed by atoms with Crippen LogP contribution in [0.2, 0.25) is 0 Å². The Balaban J connectivity index is 1.32. The van der Waals surface area contributed by atoms with E-state index < -0.39 is 60.3 Å². The van der Waals surface area contributed by atoms with Crippen LogP contribution in [0, 0.1) is 17.8 Å². The van der Waals surface area contributed by atoms with Gasteiger partial charge in [-0.05, 0) is 63.2 Å². The van der Waals surface area contributed by atoms with Crippen molar-refractivity contribution in [2.75, 3.05) is 19.7 Å². The van der Waals surface area contributed by atoms with Gasteiger partial charge in [-0.25, -0.2) is 0 Å². The topological polar surface area (TPSA) is 113 Å². The van der Waals surface area contributed by atoms with Gasteiger partial charge >= 0.3 is 12.4 Å². The van der Waals surface area contributed by atoms with Gasteiger partial charge in [-0.3, -0.25) is 26.6 Å². The van der Waals surface area contributed by atoms with E-state index in [4.69, 9.17) is 4.74 Å². The van der Waals surface area contributed by atoms with E-state index in [-0.39, 0.29) is 24.1 Å². The smallest absolute Gasteiger partial charge is 0.411 e. The van der Waals surface area contributed by atoms with Crippen molar-refractivity contribution in [2.45, 2.75) is 120 Å². The number of alkyl halides is 6. The third-order valence-corrected chi connectivity index (χ3v) is 11.5. The quantitative estimate of drug-likeness (QED) is 0.207. The largest absolute Gasteiger partial charge is 0.597 e. The second kappa shape index (κ2) is 13.6. The molecule has 4 aliphatic rings. The fourth-order valence-electron chi connectivity index (χ4n) is 6.45. The lowest BCUT2D eigenvalue weighted by Crippen LogP contribution is -2.76. The summed E-state index contributed by atoms with van der Waals surface area (Å²) in [6.07, 6.45) is -7.58. The summed E-state index contributed by atoms with van der Waals surface area (Å²) in [5, 5.41) is 14.8. The molecule has 0 aromatic heterocycles. The molecule has 2 heterocycles. The zero-order valence-electron chi connectivity index (χ0n) is 23.5. The maximum Gasteiger partial charge on any atom is 0.411 e. The lowest BCUT2D eigenvalue weighted by atomic mass is 9.81. The van der Waals surface area contributed by atoms with Crippen LogP contribution in [0.15, 0.2) is 0 Å². The maximum atomic E-state index is 13.3. The summed E-state index contributed by atoms with van der Waals surface area (Å²) in [5.41, 5.74) is 0. The molecular formula is C25H44F6N6O3S. The monoisotopic (exact) mass is 622 g/mol. The van der Waals surface area contributed by atoms with Crippen LogP contribution >= 0.6 is 0 Å². The van der Waals surface area contributed by atoms with Crippen LogP contribution in [-0.2, 0) is 19.3 Å². The lowest BCUT2D eigenvalue weighted by molar-refractivity contribution is -0.199. The molecule has 41 heavy (non-hydrogen) atoms. The van der Waals surface area contributed by atoms with Gasteiger partial charge in [-0.2, -0.15) is 26.3 Å². The average Bonchev–Trinajstić information content (AvgIpc) is 2.88. The van der Waals surface area contributed by atoms with Crippen LogP contribution in [0.4, 0.5) is 26.3 Å². The zero-order chi connectivity index (χ0) is 30.0. The Morgan fingerprint density at radius 3 is 2.07 bits per heavy atom. The van der Waals surface area contributed by atoms with Crippen molar-refractivity contribution < 1.29 is 39.8 Å². The molecule has 2 saturated heterocycles. The van der Waals surface area contributed by atoms with Crippen LogP contribution in [0.1, 0.15) is 71.6 Å². The van der Waals surface area contributed by atoms with E-state index in [1.54, 1.807) is 4.31 Å². The summed E-state index contributed by atoms with van der Waals surface area (Å²) in [4.78, 5) is 0. The first kappa shape index (κ1) is 33.3. The molecule has 9 unspecified atom stereocenters. The second-order valence-electron chi connectivity index (χ2n) is 12.2. The Morgan fingerprint density at radius 1 is 0.854 bits per heavy atom. The van der Waals surface area contributed by atoms with Crippen molar-refractivity contribution in [1.29, 1.82) is 0 Å². The zero-order valence-corrected chi connectivity index (χ0v) is 24.3. The SMILES string of the molecule is CC1CCC([S+](=O)([O-])N2CCC(NC3NC(NC4CCCC(C(F)(F)F)C4)NC(OCC(F)(F)F)N3)CC2)CC1C. The normalized spacial score (nSPS) is 38.5. The number of rotatable bonds is 8. The molecule has 240 valence electrons. The Kier molecular flexibility index (Phi) is 11.0. The molecule has 0 radical (unpaired) electrons.